The Bertz CT molecular complexity index is 561. The summed E-state index contributed by atoms with van der Waals surface area (Å²) in [6.45, 7) is 1.57. The first-order valence-corrected chi connectivity index (χ1v) is 6.88. The molecule has 1 aliphatic rings. The fourth-order valence-electron chi connectivity index (χ4n) is 2.42. The Kier molecular flexibility index (Phi) is 3.78. The minimum absolute atomic E-state index is 0.260. The second kappa shape index (κ2) is 5.88. The van der Waals surface area contributed by atoms with Crippen molar-refractivity contribution in [3.63, 3.8) is 0 Å². The number of aliphatic hydroxyl groups excluding tert-OH is 1. The third-order valence-electron chi connectivity index (χ3n) is 3.42. The van der Waals surface area contributed by atoms with Gasteiger partial charge in [-0.05, 0) is 25.0 Å². The van der Waals surface area contributed by atoms with E-state index in [4.69, 9.17) is 0 Å². The van der Waals surface area contributed by atoms with Crippen LogP contribution in [0.3, 0.4) is 0 Å². The number of benzene rings is 1. The van der Waals surface area contributed by atoms with Crippen LogP contribution in [-0.2, 0) is 0 Å². The summed E-state index contributed by atoms with van der Waals surface area (Å²) in [5, 5.41) is 13.0. The molecule has 0 saturated carbocycles. The molecule has 2 aromatic rings. The van der Waals surface area contributed by atoms with Crippen LogP contribution in [0.15, 0.2) is 42.7 Å². The predicted molar refractivity (Wildman–Crippen MR) is 79.2 cm³/mol. The van der Waals surface area contributed by atoms with Gasteiger partial charge in [-0.15, -0.1) is 0 Å². The molecule has 2 heterocycles. The average Bonchev–Trinajstić information content (AvgIpc) is 2.49. The maximum Gasteiger partial charge on any atom is 0.135 e. The second-order valence-electron chi connectivity index (χ2n) is 4.99. The van der Waals surface area contributed by atoms with E-state index in [2.05, 4.69) is 20.2 Å². The van der Waals surface area contributed by atoms with Gasteiger partial charge in [-0.2, -0.15) is 0 Å². The van der Waals surface area contributed by atoms with Crippen LogP contribution in [0.4, 0.5) is 17.3 Å². The van der Waals surface area contributed by atoms with Crippen LogP contribution < -0.4 is 10.2 Å². The van der Waals surface area contributed by atoms with Crippen LogP contribution in [0.25, 0.3) is 0 Å². The molecule has 1 fully saturated rings. The summed E-state index contributed by atoms with van der Waals surface area (Å²) in [4.78, 5) is 10.6. The largest absolute Gasteiger partial charge is 0.391 e. The van der Waals surface area contributed by atoms with Gasteiger partial charge in [0.1, 0.15) is 18.0 Å². The van der Waals surface area contributed by atoms with Gasteiger partial charge in [0, 0.05) is 24.8 Å². The number of hydrogen-bond donors (Lipinski definition) is 2. The highest BCUT2D eigenvalue weighted by atomic mass is 16.3. The fourth-order valence-corrected chi connectivity index (χ4v) is 2.42. The SMILES string of the molecule is OC1CCCN(c2cc(Nc3ccccc3)ncn2)C1. The molecule has 0 amide bonds. The second-order valence-corrected chi connectivity index (χ2v) is 4.99. The fraction of sp³-hybridized carbons (Fsp3) is 0.333. The van der Waals surface area contributed by atoms with E-state index < -0.39 is 0 Å². The number of nitrogens with zero attached hydrogens (tertiary/aromatic N) is 3. The molecule has 1 aliphatic heterocycles. The third kappa shape index (κ3) is 3.05. The van der Waals surface area contributed by atoms with Crippen LogP contribution in [0.2, 0.25) is 0 Å². The lowest BCUT2D eigenvalue weighted by atomic mass is 10.1. The van der Waals surface area contributed by atoms with Crippen LogP contribution in [0, 0.1) is 0 Å². The Morgan fingerprint density at radius 3 is 2.85 bits per heavy atom. The summed E-state index contributed by atoms with van der Waals surface area (Å²) in [7, 11) is 0. The predicted octanol–water partition coefficient (Wildman–Crippen LogP) is 2.18. The molecule has 20 heavy (non-hydrogen) atoms. The minimum atomic E-state index is -0.260. The lowest BCUT2D eigenvalue weighted by molar-refractivity contribution is 0.154. The number of β-amino-alcohol motifs (C(OH)–C–C–N with tert-alkyl or cyclic N) is 1. The Hall–Kier alpha value is -2.14. The van der Waals surface area contributed by atoms with Crippen molar-refractivity contribution in [2.24, 2.45) is 0 Å². The maximum atomic E-state index is 9.74. The van der Waals surface area contributed by atoms with Gasteiger partial charge in [0.05, 0.1) is 6.10 Å². The van der Waals surface area contributed by atoms with Crippen molar-refractivity contribution >= 4 is 17.3 Å². The van der Waals surface area contributed by atoms with Gasteiger partial charge in [-0.25, -0.2) is 9.97 Å². The molecule has 2 N–H and O–H groups in total. The Labute approximate surface area is 118 Å². The number of piperidine rings is 1. The Morgan fingerprint density at radius 2 is 2.05 bits per heavy atom. The zero-order valence-electron chi connectivity index (χ0n) is 11.2. The molecule has 0 spiro atoms. The van der Waals surface area contributed by atoms with E-state index in [-0.39, 0.29) is 6.10 Å². The van der Waals surface area contributed by atoms with Gasteiger partial charge in [-0.1, -0.05) is 18.2 Å². The highest BCUT2D eigenvalue weighted by Gasteiger charge is 2.19. The highest BCUT2D eigenvalue weighted by molar-refractivity contribution is 5.59. The number of aromatic nitrogens is 2. The van der Waals surface area contributed by atoms with Crippen molar-refractivity contribution in [3.05, 3.63) is 42.7 Å². The van der Waals surface area contributed by atoms with Gasteiger partial charge in [0.25, 0.3) is 0 Å². The molecule has 1 saturated heterocycles. The molecule has 1 atom stereocenters. The van der Waals surface area contributed by atoms with E-state index in [0.29, 0.717) is 6.54 Å². The first-order valence-electron chi connectivity index (χ1n) is 6.88. The van der Waals surface area contributed by atoms with Gasteiger partial charge in [-0.3, -0.25) is 0 Å². The average molecular weight is 270 g/mol. The van der Waals surface area contributed by atoms with Crippen molar-refractivity contribution in [1.82, 2.24) is 9.97 Å². The van der Waals surface area contributed by atoms with Gasteiger partial charge in [0.15, 0.2) is 0 Å². The number of anilines is 3. The summed E-state index contributed by atoms with van der Waals surface area (Å²) in [5.41, 5.74) is 0.996. The topological polar surface area (TPSA) is 61.3 Å². The minimum Gasteiger partial charge on any atom is -0.391 e. The van der Waals surface area contributed by atoms with Crippen molar-refractivity contribution < 1.29 is 5.11 Å². The monoisotopic (exact) mass is 270 g/mol. The summed E-state index contributed by atoms with van der Waals surface area (Å²) >= 11 is 0. The van der Waals surface area contributed by atoms with Gasteiger partial charge >= 0.3 is 0 Å². The van der Waals surface area contributed by atoms with E-state index in [9.17, 15) is 5.11 Å². The van der Waals surface area contributed by atoms with E-state index in [1.807, 2.05) is 36.4 Å². The number of para-hydroxylation sites is 1. The van der Waals surface area contributed by atoms with Crippen LogP contribution in [0.1, 0.15) is 12.8 Å². The lowest BCUT2D eigenvalue weighted by Crippen LogP contribution is -2.38. The summed E-state index contributed by atoms with van der Waals surface area (Å²) in [5.74, 6) is 1.62. The zero-order valence-corrected chi connectivity index (χ0v) is 11.2. The molecule has 0 aliphatic carbocycles. The third-order valence-corrected chi connectivity index (χ3v) is 3.42. The lowest BCUT2D eigenvalue weighted by Gasteiger charge is -2.31. The highest BCUT2D eigenvalue weighted by Crippen LogP contribution is 2.21. The molecule has 0 radical (unpaired) electrons. The molecular weight excluding hydrogens is 252 g/mol. The number of nitrogens with one attached hydrogen (secondary N) is 1. The molecule has 0 bridgehead atoms. The molecule has 5 heteroatoms. The number of aliphatic hydroxyl groups is 1. The molecular formula is C15H18N4O. The quantitative estimate of drug-likeness (QED) is 0.895. The van der Waals surface area contributed by atoms with Crippen LogP contribution in [-0.4, -0.2) is 34.3 Å². The van der Waals surface area contributed by atoms with Crippen LogP contribution >= 0.6 is 0 Å². The smallest absolute Gasteiger partial charge is 0.135 e. The van der Waals surface area contributed by atoms with E-state index in [1.54, 1.807) is 6.33 Å². The van der Waals surface area contributed by atoms with Crippen molar-refractivity contribution in [2.45, 2.75) is 18.9 Å². The van der Waals surface area contributed by atoms with Gasteiger partial charge in [0.2, 0.25) is 0 Å². The first kappa shape index (κ1) is 12.9. The van der Waals surface area contributed by atoms with E-state index in [1.165, 1.54) is 0 Å². The Balaban J connectivity index is 1.75. The zero-order chi connectivity index (χ0) is 13.8. The number of hydrogen-bond acceptors (Lipinski definition) is 5. The Morgan fingerprint density at radius 1 is 1.20 bits per heavy atom. The first-order chi connectivity index (χ1) is 9.81. The molecule has 1 aromatic heterocycles. The molecule has 5 nitrogen and oxygen atoms in total. The molecule has 1 unspecified atom stereocenters. The standard InChI is InChI=1S/C15H18N4O/c20-13-7-4-8-19(10-13)15-9-14(16-11-17-15)18-12-5-2-1-3-6-12/h1-3,5-6,9,11,13,20H,4,7-8,10H2,(H,16,17,18). The van der Waals surface area contributed by atoms with Crippen molar-refractivity contribution in [2.75, 3.05) is 23.3 Å². The molecule has 104 valence electrons. The summed E-state index contributed by atoms with van der Waals surface area (Å²) in [6, 6.07) is 11.8. The number of rotatable bonds is 3. The van der Waals surface area contributed by atoms with E-state index >= 15 is 0 Å². The maximum absolute atomic E-state index is 9.74. The normalized spacial score (nSPS) is 18.9. The summed E-state index contributed by atoms with van der Waals surface area (Å²) in [6.07, 6.45) is 3.16. The summed E-state index contributed by atoms with van der Waals surface area (Å²) < 4.78 is 0. The van der Waals surface area contributed by atoms with Crippen molar-refractivity contribution in [3.8, 4) is 0 Å². The molecule has 1 aromatic carbocycles. The molecule has 3 rings (SSSR count). The van der Waals surface area contributed by atoms with Crippen LogP contribution in [0.5, 0.6) is 0 Å². The van der Waals surface area contributed by atoms with Crippen molar-refractivity contribution in [1.29, 1.82) is 0 Å². The van der Waals surface area contributed by atoms with E-state index in [0.717, 1.165) is 36.7 Å². The van der Waals surface area contributed by atoms with Gasteiger partial charge < -0.3 is 15.3 Å².